The average molecular weight is 294 g/mol. The number of carbonyl (C=O) groups is 2. The van der Waals surface area contributed by atoms with Crippen LogP contribution in [0.5, 0.6) is 5.75 Å². The second-order valence-electron chi connectivity index (χ2n) is 4.56. The Balaban J connectivity index is 2.41. The highest BCUT2D eigenvalue weighted by Crippen LogP contribution is 2.11. The number of rotatable bonds is 8. The summed E-state index contributed by atoms with van der Waals surface area (Å²) in [6, 6.07) is 6.67. The lowest BCUT2D eigenvalue weighted by Gasteiger charge is -2.13. The first kappa shape index (κ1) is 17.0. The first-order valence-electron chi connectivity index (χ1n) is 6.86. The summed E-state index contributed by atoms with van der Waals surface area (Å²) in [6.07, 6.45) is 0. The maximum absolute atomic E-state index is 11.9. The molecule has 0 aromatic heterocycles. The summed E-state index contributed by atoms with van der Waals surface area (Å²) in [5.41, 5.74) is 0.483. The number of nitrogens with one attached hydrogen (secondary N) is 2. The van der Waals surface area contributed by atoms with Gasteiger partial charge in [-0.1, -0.05) is 0 Å². The summed E-state index contributed by atoms with van der Waals surface area (Å²) in [5, 5.41) is 5.28. The van der Waals surface area contributed by atoms with E-state index in [1.807, 2.05) is 13.8 Å². The van der Waals surface area contributed by atoms with Gasteiger partial charge in [0.05, 0.1) is 19.8 Å². The molecule has 0 spiro atoms. The van der Waals surface area contributed by atoms with E-state index in [9.17, 15) is 9.59 Å². The summed E-state index contributed by atoms with van der Waals surface area (Å²) in [4.78, 5) is 23.5. The highest BCUT2D eigenvalue weighted by molar-refractivity contribution is 5.96. The van der Waals surface area contributed by atoms with Gasteiger partial charge >= 0.3 is 0 Å². The molecule has 0 radical (unpaired) electrons. The van der Waals surface area contributed by atoms with E-state index in [1.165, 1.54) is 0 Å². The minimum Gasteiger partial charge on any atom is -0.494 e. The quantitative estimate of drug-likeness (QED) is 0.749. The number of methoxy groups -OCH3 is 1. The highest BCUT2D eigenvalue weighted by Gasteiger charge is 2.10. The van der Waals surface area contributed by atoms with Gasteiger partial charge in [-0.3, -0.25) is 9.59 Å². The number of amides is 2. The van der Waals surface area contributed by atoms with Crippen molar-refractivity contribution in [2.45, 2.75) is 19.9 Å². The molecule has 0 saturated heterocycles. The molecule has 6 heteroatoms. The summed E-state index contributed by atoms with van der Waals surface area (Å²) in [6.45, 7) is 4.66. The highest BCUT2D eigenvalue weighted by atomic mass is 16.5. The molecule has 1 aromatic rings. The van der Waals surface area contributed by atoms with E-state index in [0.717, 1.165) is 0 Å². The molecule has 0 fully saturated rings. The molecule has 21 heavy (non-hydrogen) atoms. The van der Waals surface area contributed by atoms with E-state index in [1.54, 1.807) is 31.4 Å². The number of hydrogen-bond donors (Lipinski definition) is 2. The largest absolute Gasteiger partial charge is 0.494 e. The van der Waals surface area contributed by atoms with Gasteiger partial charge in [0.2, 0.25) is 5.91 Å². The van der Waals surface area contributed by atoms with Gasteiger partial charge in [0.1, 0.15) is 5.75 Å². The van der Waals surface area contributed by atoms with Gasteiger partial charge in [-0.05, 0) is 38.1 Å². The number of benzene rings is 1. The predicted octanol–water partition coefficient (Wildman–Crippen LogP) is 0.966. The van der Waals surface area contributed by atoms with Gasteiger partial charge in [0, 0.05) is 18.7 Å². The lowest BCUT2D eigenvalue weighted by Crippen LogP contribution is -2.42. The zero-order chi connectivity index (χ0) is 15.7. The number of hydrogen-bond acceptors (Lipinski definition) is 4. The zero-order valence-electron chi connectivity index (χ0n) is 12.6. The Kier molecular flexibility index (Phi) is 7.25. The fourth-order valence-electron chi connectivity index (χ4n) is 1.75. The fourth-order valence-corrected chi connectivity index (χ4v) is 1.75. The van der Waals surface area contributed by atoms with Crippen LogP contribution in [0.4, 0.5) is 0 Å². The Hall–Kier alpha value is -2.08. The molecule has 0 bridgehead atoms. The van der Waals surface area contributed by atoms with Crippen LogP contribution in [0.1, 0.15) is 24.2 Å². The van der Waals surface area contributed by atoms with Crippen molar-refractivity contribution in [1.82, 2.24) is 10.6 Å². The molecule has 1 aromatic carbocycles. The van der Waals surface area contributed by atoms with Crippen LogP contribution in [0.15, 0.2) is 24.3 Å². The SMILES string of the molecule is CCOc1ccc(C(=O)NCC(=O)NC(C)COC)cc1. The van der Waals surface area contributed by atoms with Gasteiger partial charge in [-0.25, -0.2) is 0 Å². The second-order valence-corrected chi connectivity index (χ2v) is 4.56. The summed E-state index contributed by atoms with van der Waals surface area (Å²) < 4.78 is 10.2. The van der Waals surface area contributed by atoms with Crippen molar-refractivity contribution in [3.8, 4) is 5.75 Å². The van der Waals surface area contributed by atoms with Crippen molar-refractivity contribution in [2.75, 3.05) is 26.9 Å². The molecule has 116 valence electrons. The lowest BCUT2D eigenvalue weighted by atomic mass is 10.2. The van der Waals surface area contributed by atoms with E-state index in [2.05, 4.69) is 10.6 Å². The molecule has 0 heterocycles. The molecule has 0 aliphatic heterocycles. The Morgan fingerprint density at radius 3 is 2.48 bits per heavy atom. The van der Waals surface area contributed by atoms with Crippen molar-refractivity contribution >= 4 is 11.8 Å². The van der Waals surface area contributed by atoms with Crippen LogP contribution < -0.4 is 15.4 Å². The van der Waals surface area contributed by atoms with E-state index in [4.69, 9.17) is 9.47 Å². The van der Waals surface area contributed by atoms with E-state index < -0.39 is 0 Å². The van der Waals surface area contributed by atoms with Crippen LogP contribution in [-0.2, 0) is 9.53 Å². The van der Waals surface area contributed by atoms with Crippen LogP contribution >= 0.6 is 0 Å². The van der Waals surface area contributed by atoms with Crippen LogP contribution in [0.25, 0.3) is 0 Å². The summed E-state index contributed by atoms with van der Waals surface area (Å²) >= 11 is 0. The van der Waals surface area contributed by atoms with Crippen LogP contribution in [0, 0.1) is 0 Å². The molecular weight excluding hydrogens is 272 g/mol. The van der Waals surface area contributed by atoms with Crippen molar-refractivity contribution < 1.29 is 19.1 Å². The summed E-state index contributed by atoms with van der Waals surface area (Å²) in [5.74, 6) is 0.159. The lowest BCUT2D eigenvalue weighted by molar-refractivity contribution is -0.121. The van der Waals surface area contributed by atoms with Crippen molar-refractivity contribution in [3.63, 3.8) is 0 Å². The molecule has 0 saturated carbocycles. The van der Waals surface area contributed by atoms with Crippen LogP contribution in [0.3, 0.4) is 0 Å². The van der Waals surface area contributed by atoms with E-state index in [-0.39, 0.29) is 24.4 Å². The van der Waals surface area contributed by atoms with Gasteiger partial charge in [-0.2, -0.15) is 0 Å². The zero-order valence-corrected chi connectivity index (χ0v) is 12.6. The Morgan fingerprint density at radius 1 is 1.24 bits per heavy atom. The number of carbonyl (C=O) groups excluding carboxylic acids is 2. The van der Waals surface area contributed by atoms with Crippen LogP contribution in [0.2, 0.25) is 0 Å². The number of ether oxygens (including phenoxy) is 2. The third kappa shape index (κ3) is 6.27. The van der Waals surface area contributed by atoms with Crippen molar-refractivity contribution in [1.29, 1.82) is 0 Å². The molecule has 0 aliphatic rings. The van der Waals surface area contributed by atoms with E-state index in [0.29, 0.717) is 24.5 Å². The van der Waals surface area contributed by atoms with Crippen molar-refractivity contribution in [2.24, 2.45) is 0 Å². The fraction of sp³-hybridized carbons (Fsp3) is 0.467. The van der Waals surface area contributed by atoms with Gasteiger partial charge in [0.25, 0.3) is 5.91 Å². The topological polar surface area (TPSA) is 76.7 Å². The smallest absolute Gasteiger partial charge is 0.251 e. The van der Waals surface area contributed by atoms with E-state index >= 15 is 0 Å². The molecular formula is C15H22N2O4. The monoisotopic (exact) mass is 294 g/mol. The predicted molar refractivity (Wildman–Crippen MR) is 79.4 cm³/mol. The van der Waals surface area contributed by atoms with Gasteiger partial charge < -0.3 is 20.1 Å². The Bertz CT molecular complexity index is 459. The maximum Gasteiger partial charge on any atom is 0.251 e. The van der Waals surface area contributed by atoms with Crippen LogP contribution in [-0.4, -0.2) is 44.7 Å². The van der Waals surface area contributed by atoms with Gasteiger partial charge in [-0.15, -0.1) is 0 Å². The second kappa shape index (κ2) is 8.97. The Labute approximate surface area is 124 Å². The molecule has 2 amide bonds. The molecule has 1 atom stereocenters. The Morgan fingerprint density at radius 2 is 1.90 bits per heavy atom. The van der Waals surface area contributed by atoms with Crippen molar-refractivity contribution in [3.05, 3.63) is 29.8 Å². The first-order chi connectivity index (χ1) is 10.1. The minimum absolute atomic E-state index is 0.0693. The molecule has 6 nitrogen and oxygen atoms in total. The minimum atomic E-state index is -0.299. The van der Waals surface area contributed by atoms with Gasteiger partial charge in [0.15, 0.2) is 0 Å². The molecule has 2 N–H and O–H groups in total. The molecule has 1 unspecified atom stereocenters. The standard InChI is InChI=1S/C15H22N2O4/c1-4-21-13-7-5-12(6-8-13)15(19)16-9-14(18)17-11(2)10-20-3/h5-8,11H,4,9-10H2,1-3H3,(H,16,19)(H,17,18). The summed E-state index contributed by atoms with van der Waals surface area (Å²) in [7, 11) is 1.57. The third-order valence-electron chi connectivity index (χ3n) is 2.66. The molecule has 0 aliphatic carbocycles. The third-order valence-corrected chi connectivity index (χ3v) is 2.66. The molecule has 1 rings (SSSR count). The normalized spacial score (nSPS) is 11.6. The average Bonchev–Trinajstić information content (AvgIpc) is 2.46. The first-order valence-corrected chi connectivity index (χ1v) is 6.86. The maximum atomic E-state index is 11.9.